The van der Waals surface area contributed by atoms with Crippen LogP contribution in [0.15, 0.2) is 23.1 Å². The number of carbonyl (C=O) groups is 1. The number of hydrogen-bond acceptors (Lipinski definition) is 3. The largest absolute Gasteiger partial charge is 0.364 e. The summed E-state index contributed by atoms with van der Waals surface area (Å²) in [6.45, 7) is 0. The van der Waals surface area contributed by atoms with Gasteiger partial charge < -0.3 is 10.7 Å². The van der Waals surface area contributed by atoms with Gasteiger partial charge in [0.1, 0.15) is 10.6 Å². The maximum absolute atomic E-state index is 12.7. The van der Waals surface area contributed by atoms with E-state index in [1.165, 1.54) is 0 Å². The highest BCUT2D eigenvalue weighted by molar-refractivity contribution is 7.92. The molecule has 1 aromatic carbocycles. The average Bonchev–Trinajstić information content (AvgIpc) is 2.64. The predicted molar refractivity (Wildman–Crippen MR) is 76.7 cm³/mol. The number of aromatic nitrogens is 1. The van der Waals surface area contributed by atoms with Crippen molar-refractivity contribution < 1.29 is 13.2 Å². The van der Waals surface area contributed by atoms with Crippen molar-refractivity contribution in [1.82, 2.24) is 4.98 Å². The molecule has 0 radical (unpaired) electrons. The molecule has 0 unspecified atom stereocenters. The Kier molecular flexibility index (Phi) is 3.02. The third-order valence-corrected chi connectivity index (χ3v) is 6.31. The van der Waals surface area contributed by atoms with E-state index in [9.17, 15) is 13.2 Å². The van der Waals surface area contributed by atoms with Gasteiger partial charge in [-0.3, -0.25) is 4.79 Å². The Morgan fingerprint density at radius 2 is 2.05 bits per heavy atom. The van der Waals surface area contributed by atoms with Crippen molar-refractivity contribution in [2.75, 3.05) is 0 Å². The fraction of sp³-hybridized carbons (Fsp3) is 0.308. The van der Waals surface area contributed by atoms with Crippen molar-refractivity contribution in [2.24, 2.45) is 5.73 Å². The Morgan fingerprint density at radius 3 is 2.60 bits per heavy atom. The highest BCUT2D eigenvalue weighted by Gasteiger charge is 2.37. The molecule has 1 aliphatic carbocycles. The molecule has 0 saturated heterocycles. The van der Waals surface area contributed by atoms with Crippen LogP contribution in [-0.2, 0) is 9.84 Å². The highest BCUT2D eigenvalue weighted by atomic mass is 35.5. The van der Waals surface area contributed by atoms with Crippen molar-refractivity contribution in [1.29, 1.82) is 0 Å². The fourth-order valence-electron chi connectivity index (χ4n) is 2.46. The molecule has 1 heterocycles. The van der Waals surface area contributed by atoms with E-state index in [0.29, 0.717) is 28.8 Å². The van der Waals surface area contributed by atoms with Crippen LogP contribution in [0.3, 0.4) is 0 Å². The van der Waals surface area contributed by atoms with Crippen molar-refractivity contribution in [3.63, 3.8) is 0 Å². The highest BCUT2D eigenvalue weighted by Crippen LogP contribution is 2.37. The van der Waals surface area contributed by atoms with Crippen molar-refractivity contribution in [3.8, 4) is 0 Å². The van der Waals surface area contributed by atoms with Gasteiger partial charge in [0.2, 0.25) is 0 Å². The van der Waals surface area contributed by atoms with Crippen LogP contribution in [0.25, 0.3) is 10.9 Å². The number of benzene rings is 1. The monoisotopic (exact) mass is 312 g/mol. The lowest BCUT2D eigenvalue weighted by atomic mass is 10.00. The third kappa shape index (κ3) is 1.91. The quantitative estimate of drug-likeness (QED) is 0.910. The van der Waals surface area contributed by atoms with Gasteiger partial charge in [-0.15, -0.1) is 0 Å². The van der Waals surface area contributed by atoms with Crippen LogP contribution in [0.4, 0.5) is 0 Å². The molecule has 0 aliphatic heterocycles. The number of primary amides is 1. The number of fused-ring (bicyclic) bond motifs is 1. The molecular formula is C13H13ClN2O3S. The zero-order chi connectivity index (χ0) is 14.5. The molecule has 1 aliphatic rings. The number of halogens is 1. The van der Waals surface area contributed by atoms with Gasteiger partial charge in [0.05, 0.1) is 5.25 Å². The molecule has 1 aromatic heterocycles. The zero-order valence-corrected chi connectivity index (χ0v) is 12.1. The van der Waals surface area contributed by atoms with E-state index < -0.39 is 21.0 Å². The average molecular weight is 313 g/mol. The summed E-state index contributed by atoms with van der Waals surface area (Å²) in [5, 5.41) is 0.411. The van der Waals surface area contributed by atoms with E-state index in [-0.39, 0.29) is 10.6 Å². The van der Waals surface area contributed by atoms with E-state index >= 15 is 0 Å². The lowest BCUT2D eigenvalue weighted by Gasteiger charge is -2.25. The Hall–Kier alpha value is -1.53. The first-order valence-electron chi connectivity index (χ1n) is 6.26. The predicted octanol–water partition coefficient (Wildman–Crippen LogP) is 2.25. The first-order chi connectivity index (χ1) is 9.41. The summed E-state index contributed by atoms with van der Waals surface area (Å²) in [4.78, 5) is 14.3. The van der Waals surface area contributed by atoms with Crippen LogP contribution in [0.2, 0.25) is 5.02 Å². The lowest BCUT2D eigenvalue weighted by Crippen LogP contribution is -2.30. The maximum Gasteiger partial charge on any atom is 0.266 e. The molecule has 20 heavy (non-hydrogen) atoms. The summed E-state index contributed by atoms with van der Waals surface area (Å²) in [6.07, 6.45) is 2.13. The van der Waals surface area contributed by atoms with Gasteiger partial charge in [-0.1, -0.05) is 18.0 Å². The van der Waals surface area contributed by atoms with E-state index in [4.69, 9.17) is 17.3 Å². The van der Waals surface area contributed by atoms with Crippen LogP contribution in [0, 0.1) is 0 Å². The molecule has 7 heteroatoms. The minimum absolute atomic E-state index is 0.00722. The SMILES string of the molecule is NC(=O)c1[nH]c2ccc(Cl)cc2c1S(=O)(=O)C1CCC1. The van der Waals surface area contributed by atoms with Crippen LogP contribution in [0.5, 0.6) is 0 Å². The van der Waals surface area contributed by atoms with Crippen molar-refractivity contribution in [3.05, 3.63) is 28.9 Å². The molecule has 5 nitrogen and oxygen atoms in total. The van der Waals surface area contributed by atoms with Gasteiger partial charge in [0.25, 0.3) is 5.91 Å². The Balaban J connectivity index is 2.34. The first kappa shape index (κ1) is 13.5. The summed E-state index contributed by atoms with van der Waals surface area (Å²) in [7, 11) is -3.57. The maximum atomic E-state index is 12.7. The number of nitrogens with two attached hydrogens (primary N) is 1. The van der Waals surface area contributed by atoms with Crippen LogP contribution in [0.1, 0.15) is 29.8 Å². The molecule has 2 aromatic rings. The summed E-state index contributed by atoms with van der Waals surface area (Å²) in [5.74, 6) is -0.782. The molecule has 1 amide bonds. The molecule has 0 bridgehead atoms. The minimum atomic E-state index is -3.57. The molecule has 1 saturated carbocycles. The van der Waals surface area contributed by atoms with E-state index in [1.807, 2.05) is 0 Å². The second kappa shape index (κ2) is 4.49. The Morgan fingerprint density at radius 1 is 1.35 bits per heavy atom. The van der Waals surface area contributed by atoms with Gasteiger partial charge in [0.15, 0.2) is 9.84 Å². The summed E-state index contributed by atoms with van der Waals surface area (Å²) >= 11 is 5.93. The third-order valence-electron chi connectivity index (χ3n) is 3.73. The number of sulfone groups is 1. The van der Waals surface area contributed by atoms with Gasteiger partial charge in [-0.05, 0) is 31.0 Å². The molecule has 3 N–H and O–H groups in total. The number of amides is 1. The standard InChI is InChI=1S/C13H13ClN2O3S/c14-7-4-5-10-9(6-7)12(11(16-10)13(15)17)20(18,19)8-2-1-3-8/h4-6,8,16H,1-3H2,(H2,15,17). The first-order valence-corrected chi connectivity index (χ1v) is 8.18. The fourth-order valence-corrected chi connectivity index (χ4v) is 4.83. The lowest BCUT2D eigenvalue weighted by molar-refractivity contribution is 0.0993. The van der Waals surface area contributed by atoms with Crippen LogP contribution >= 0.6 is 11.6 Å². The molecule has 1 fully saturated rings. The number of H-pyrrole nitrogens is 1. The van der Waals surface area contributed by atoms with Gasteiger partial charge >= 0.3 is 0 Å². The molecule has 0 atom stereocenters. The van der Waals surface area contributed by atoms with E-state index in [0.717, 1.165) is 6.42 Å². The minimum Gasteiger partial charge on any atom is -0.364 e. The van der Waals surface area contributed by atoms with E-state index in [1.54, 1.807) is 18.2 Å². The summed E-state index contributed by atoms with van der Waals surface area (Å²) in [5.41, 5.74) is 5.79. The number of rotatable bonds is 3. The van der Waals surface area contributed by atoms with E-state index in [2.05, 4.69) is 4.98 Å². The van der Waals surface area contributed by atoms with Crippen molar-refractivity contribution in [2.45, 2.75) is 29.4 Å². The molecule has 106 valence electrons. The normalized spacial score (nSPS) is 16.2. The molecular weight excluding hydrogens is 300 g/mol. The summed E-state index contributed by atoms with van der Waals surface area (Å²) < 4.78 is 25.3. The number of nitrogens with one attached hydrogen (secondary N) is 1. The zero-order valence-electron chi connectivity index (χ0n) is 10.5. The Labute approximate surface area is 121 Å². The smallest absolute Gasteiger partial charge is 0.266 e. The van der Waals surface area contributed by atoms with Gasteiger partial charge in [0, 0.05) is 15.9 Å². The number of aromatic amines is 1. The second-order valence-electron chi connectivity index (χ2n) is 4.98. The number of hydrogen-bond donors (Lipinski definition) is 2. The molecule has 3 rings (SSSR count). The van der Waals surface area contributed by atoms with Crippen molar-refractivity contribution >= 4 is 38.2 Å². The van der Waals surface area contributed by atoms with Crippen LogP contribution < -0.4 is 5.73 Å². The van der Waals surface area contributed by atoms with Crippen LogP contribution in [-0.4, -0.2) is 24.6 Å². The molecule has 0 spiro atoms. The Bertz CT molecular complexity index is 806. The topological polar surface area (TPSA) is 93.0 Å². The summed E-state index contributed by atoms with van der Waals surface area (Å²) in [6, 6.07) is 4.82. The van der Waals surface area contributed by atoms with Gasteiger partial charge in [-0.2, -0.15) is 0 Å². The second-order valence-corrected chi connectivity index (χ2v) is 7.58. The van der Waals surface area contributed by atoms with Gasteiger partial charge in [-0.25, -0.2) is 8.42 Å². The number of carbonyl (C=O) groups excluding carboxylic acids is 1.